The first kappa shape index (κ1) is 7.80. The third kappa shape index (κ3) is 3.67. The smallest absolute Gasteiger partial charge is 0.0991 e. The van der Waals surface area contributed by atoms with Gasteiger partial charge in [0, 0.05) is 0 Å². The van der Waals surface area contributed by atoms with Crippen molar-refractivity contribution in [3.63, 3.8) is 0 Å². The number of unbranched alkanes of at least 4 members (excludes halogenated alkanes) is 3. The third-order valence-corrected chi connectivity index (χ3v) is 1.68. The molecule has 0 aliphatic carbocycles. The minimum atomic E-state index is 0.474. The van der Waals surface area contributed by atoms with E-state index in [0.29, 0.717) is 6.10 Å². The molecule has 1 aliphatic rings. The van der Waals surface area contributed by atoms with Crippen LogP contribution in [0.3, 0.4) is 0 Å². The van der Waals surface area contributed by atoms with E-state index in [-0.39, 0.29) is 0 Å². The van der Waals surface area contributed by atoms with E-state index in [1.54, 1.807) is 0 Å². The summed E-state index contributed by atoms with van der Waals surface area (Å²) in [6.07, 6.45) is 10.1. The summed E-state index contributed by atoms with van der Waals surface area (Å²) < 4.78 is 5.03. The lowest BCUT2D eigenvalue weighted by Gasteiger charge is -1.89. The van der Waals surface area contributed by atoms with Crippen LogP contribution in [0.4, 0.5) is 0 Å². The molecule has 58 valence electrons. The zero-order chi connectivity index (χ0) is 7.23. The maximum Gasteiger partial charge on any atom is 0.0991 e. The maximum absolute atomic E-state index is 5.03. The highest BCUT2D eigenvalue weighted by molar-refractivity contribution is 4.95. The van der Waals surface area contributed by atoms with Gasteiger partial charge in [-0.2, -0.15) is 0 Å². The normalized spacial score (nSPS) is 23.9. The van der Waals surface area contributed by atoms with Gasteiger partial charge in [0.2, 0.25) is 0 Å². The molecule has 0 aromatic heterocycles. The molecular formula is C9H16O. The van der Waals surface area contributed by atoms with Gasteiger partial charge in [-0.15, -0.1) is 0 Å². The van der Waals surface area contributed by atoms with Crippen LogP contribution in [0.25, 0.3) is 0 Å². The van der Waals surface area contributed by atoms with Gasteiger partial charge in [0.25, 0.3) is 0 Å². The van der Waals surface area contributed by atoms with Crippen molar-refractivity contribution in [3.8, 4) is 0 Å². The van der Waals surface area contributed by atoms with Gasteiger partial charge in [-0.25, -0.2) is 0 Å². The van der Waals surface area contributed by atoms with Crippen molar-refractivity contribution in [2.45, 2.75) is 38.7 Å². The Morgan fingerprint density at radius 1 is 1.50 bits per heavy atom. The lowest BCUT2D eigenvalue weighted by molar-refractivity contribution is 0.439. The largest absolute Gasteiger partial charge is 0.369 e. The van der Waals surface area contributed by atoms with Gasteiger partial charge in [0.1, 0.15) is 0 Å². The molecule has 1 heteroatoms. The SMILES string of the molecule is CCCCCC=CC1CO1. The van der Waals surface area contributed by atoms with Crippen LogP contribution in [0, 0.1) is 0 Å². The molecule has 1 aliphatic heterocycles. The molecule has 0 aromatic carbocycles. The van der Waals surface area contributed by atoms with Gasteiger partial charge in [-0.1, -0.05) is 31.9 Å². The lowest BCUT2D eigenvalue weighted by Crippen LogP contribution is -1.75. The summed E-state index contributed by atoms with van der Waals surface area (Å²) in [6.45, 7) is 3.18. The molecule has 0 spiro atoms. The van der Waals surface area contributed by atoms with Crippen LogP contribution >= 0.6 is 0 Å². The third-order valence-electron chi connectivity index (χ3n) is 1.68. The highest BCUT2D eigenvalue weighted by atomic mass is 16.6. The maximum atomic E-state index is 5.03. The van der Waals surface area contributed by atoms with Crippen molar-refractivity contribution >= 4 is 0 Å². The minimum absolute atomic E-state index is 0.474. The summed E-state index contributed by atoms with van der Waals surface area (Å²) in [4.78, 5) is 0. The van der Waals surface area contributed by atoms with Gasteiger partial charge in [0.15, 0.2) is 0 Å². The molecule has 1 fully saturated rings. The second-order valence-corrected chi connectivity index (χ2v) is 2.80. The molecule has 1 heterocycles. The quantitative estimate of drug-likeness (QED) is 0.325. The first-order chi connectivity index (χ1) is 4.93. The lowest BCUT2D eigenvalue weighted by atomic mass is 10.2. The van der Waals surface area contributed by atoms with Gasteiger partial charge < -0.3 is 4.74 Å². The van der Waals surface area contributed by atoms with Crippen molar-refractivity contribution in [3.05, 3.63) is 12.2 Å². The van der Waals surface area contributed by atoms with E-state index in [0.717, 1.165) is 6.61 Å². The Morgan fingerprint density at radius 3 is 2.90 bits per heavy atom. The Morgan fingerprint density at radius 2 is 2.30 bits per heavy atom. The first-order valence-corrected chi connectivity index (χ1v) is 4.21. The molecule has 10 heavy (non-hydrogen) atoms. The van der Waals surface area contributed by atoms with Crippen molar-refractivity contribution in [2.75, 3.05) is 6.61 Å². The monoisotopic (exact) mass is 140 g/mol. The molecule has 0 aromatic rings. The van der Waals surface area contributed by atoms with Gasteiger partial charge in [-0.3, -0.25) is 0 Å². The van der Waals surface area contributed by atoms with E-state index in [1.807, 2.05) is 0 Å². The zero-order valence-electron chi connectivity index (χ0n) is 6.68. The van der Waals surface area contributed by atoms with Crippen molar-refractivity contribution in [1.29, 1.82) is 0 Å². The van der Waals surface area contributed by atoms with Crippen LogP contribution in [0.2, 0.25) is 0 Å². The number of ether oxygens (including phenoxy) is 1. The Bertz CT molecular complexity index is 103. The van der Waals surface area contributed by atoms with Crippen molar-refractivity contribution in [1.82, 2.24) is 0 Å². The molecule has 1 nitrogen and oxygen atoms in total. The highest BCUT2D eigenvalue weighted by Gasteiger charge is 2.17. The summed E-state index contributed by atoms with van der Waals surface area (Å²) in [5.41, 5.74) is 0. The molecule has 0 amide bonds. The Hall–Kier alpha value is -0.300. The first-order valence-electron chi connectivity index (χ1n) is 4.21. The van der Waals surface area contributed by atoms with Gasteiger partial charge >= 0.3 is 0 Å². The molecule has 0 N–H and O–H groups in total. The standard InChI is InChI=1S/C9H16O/c1-2-3-4-5-6-7-9-8-10-9/h6-7,9H,2-5,8H2,1H3. The number of hydrogen-bond donors (Lipinski definition) is 0. The summed E-state index contributed by atoms with van der Waals surface area (Å²) in [5.74, 6) is 0. The molecular weight excluding hydrogens is 124 g/mol. The number of allylic oxidation sites excluding steroid dienone is 1. The summed E-state index contributed by atoms with van der Waals surface area (Å²) in [6, 6.07) is 0. The summed E-state index contributed by atoms with van der Waals surface area (Å²) >= 11 is 0. The predicted molar refractivity (Wildman–Crippen MR) is 43.0 cm³/mol. The highest BCUT2D eigenvalue weighted by Crippen LogP contribution is 2.10. The van der Waals surface area contributed by atoms with E-state index in [1.165, 1.54) is 25.7 Å². The van der Waals surface area contributed by atoms with Crippen LogP contribution in [-0.4, -0.2) is 12.7 Å². The number of rotatable bonds is 5. The Balaban J connectivity index is 1.83. The summed E-state index contributed by atoms with van der Waals surface area (Å²) in [7, 11) is 0. The molecule has 1 atom stereocenters. The fourth-order valence-corrected chi connectivity index (χ4v) is 0.927. The fourth-order valence-electron chi connectivity index (χ4n) is 0.927. The fraction of sp³-hybridized carbons (Fsp3) is 0.778. The molecule has 1 saturated heterocycles. The van der Waals surface area contributed by atoms with Crippen LogP contribution in [0.15, 0.2) is 12.2 Å². The zero-order valence-corrected chi connectivity index (χ0v) is 6.68. The molecule has 0 saturated carbocycles. The van der Waals surface area contributed by atoms with Crippen molar-refractivity contribution in [2.24, 2.45) is 0 Å². The molecule has 0 radical (unpaired) electrons. The second kappa shape index (κ2) is 4.51. The van der Waals surface area contributed by atoms with Crippen LogP contribution in [-0.2, 0) is 4.74 Å². The topological polar surface area (TPSA) is 12.5 Å². The number of hydrogen-bond acceptors (Lipinski definition) is 1. The van der Waals surface area contributed by atoms with Gasteiger partial charge in [0.05, 0.1) is 12.7 Å². The molecule has 1 rings (SSSR count). The van der Waals surface area contributed by atoms with Crippen LogP contribution < -0.4 is 0 Å². The van der Waals surface area contributed by atoms with Crippen LogP contribution in [0.1, 0.15) is 32.6 Å². The van der Waals surface area contributed by atoms with E-state index < -0.39 is 0 Å². The van der Waals surface area contributed by atoms with Gasteiger partial charge in [-0.05, 0) is 12.8 Å². The molecule has 1 unspecified atom stereocenters. The van der Waals surface area contributed by atoms with E-state index in [9.17, 15) is 0 Å². The Labute approximate surface area is 63.1 Å². The Kier molecular flexibility index (Phi) is 3.52. The van der Waals surface area contributed by atoms with E-state index in [4.69, 9.17) is 4.74 Å². The predicted octanol–water partition coefficient (Wildman–Crippen LogP) is 2.52. The minimum Gasteiger partial charge on any atom is -0.369 e. The average Bonchev–Trinajstić information content (AvgIpc) is 2.71. The van der Waals surface area contributed by atoms with Crippen LogP contribution in [0.5, 0.6) is 0 Å². The van der Waals surface area contributed by atoms with Crippen molar-refractivity contribution < 1.29 is 4.74 Å². The summed E-state index contributed by atoms with van der Waals surface area (Å²) in [5, 5.41) is 0. The van der Waals surface area contributed by atoms with E-state index >= 15 is 0 Å². The number of epoxide rings is 1. The second-order valence-electron chi connectivity index (χ2n) is 2.80. The van der Waals surface area contributed by atoms with E-state index in [2.05, 4.69) is 19.1 Å². The average molecular weight is 140 g/mol. The molecule has 0 bridgehead atoms.